The van der Waals surface area contributed by atoms with E-state index in [2.05, 4.69) is 0 Å². The van der Waals surface area contributed by atoms with Crippen molar-refractivity contribution in [1.82, 2.24) is 0 Å². The fourth-order valence-corrected chi connectivity index (χ4v) is 0.720. The van der Waals surface area contributed by atoms with Crippen LogP contribution in [0.1, 0.15) is 33.6 Å². The molecule has 6 heteroatoms. The molecule has 0 aromatic rings. The van der Waals surface area contributed by atoms with E-state index >= 15 is 0 Å². The van der Waals surface area contributed by atoms with Crippen molar-refractivity contribution >= 4 is 11.9 Å². The molecule has 0 amide bonds. The Morgan fingerprint density at radius 1 is 1.12 bits per heavy atom. The molecular formula is C10H22N2O4. The summed E-state index contributed by atoms with van der Waals surface area (Å²) in [6, 6.07) is -1.38. The third-order valence-electron chi connectivity index (χ3n) is 1.92. The van der Waals surface area contributed by atoms with Crippen molar-refractivity contribution in [3.05, 3.63) is 0 Å². The molecule has 2 atom stereocenters. The maximum Gasteiger partial charge on any atom is 0.320 e. The zero-order valence-corrected chi connectivity index (χ0v) is 10.0. The second kappa shape index (κ2) is 9.11. The molecular weight excluding hydrogens is 212 g/mol. The van der Waals surface area contributed by atoms with Crippen LogP contribution in [0.4, 0.5) is 0 Å². The van der Waals surface area contributed by atoms with Gasteiger partial charge in [-0.25, -0.2) is 0 Å². The van der Waals surface area contributed by atoms with Gasteiger partial charge >= 0.3 is 11.9 Å². The van der Waals surface area contributed by atoms with Gasteiger partial charge in [0.25, 0.3) is 0 Å². The maximum absolute atomic E-state index is 10.0. The first-order valence-electron chi connectivity index (χ1n) is 5.20. The Hall–Kier alpha value is -1.14. The summed E-state index contributed by atoms with van der Waals surface area (Å²) in [5.41, 5.74) is 10.3. The van der Waals surface area contributed by atoms with E-state index in [1.54, 1.807) is 13.8 Å². The molecule has 0 heterocycles. The molecule has 16 heavy (non-hydrogen) atoms. The minimum atomic E-state index is -0.931. The second-order valence-corrected chi connectivity index (χ2v) is 3.84. The van der Waals surface area contributed by atoms with Gasteiger partial charge in [-0.2, -0.15) is 0 Å². The van der Waals surface area contributed by atoms with Crippen LogP contribution in [0, 0.1) is 5.92 Å². The third-order valence-corrected chi connectivity index (χ3v) is 1.92. The highest BCUT2D eigenvalue weighted by Crippen LogP contribution is 1.96. The lowest BCUT2D eigenvalue weighted by molar-refractivity contribution is -0.140. The number of carbonyl (C=O) groups is 2. The van der Waals surface area contributed by atoms with E-state index in [0.29, 0.717) is 6.42 Å². The first kappa shape index (κ1) is 17.3. The lowest BCUT2D eigenvalue weighted by Gasteiger charge is -2.07. The van der Waals surface area contributed by atoms with Crippen LogP contribution >= 0.6 is 0 Å². The normalized spacial score (nSPS) is 13.6. The molecule has 6 N–H and O–H groups in total. The molecule has 0 unspecified atom stereocenters. The summed E-state index contributed by atoms with van der Waals surface area (Å²) >= 11 is 0. The van der Waals surface area contributed by atoms with Gasteiger partial charge in [0.1, 0.15) is 12.1 Å². The van der Waals surface area contributed by atoms with E-state index in [1.807, 2.05) is 6.92 Å². The van der Waals surface area contributed by atoms with Crippen LogP contribution in [0.2, 0.25) is 0 Å². The Kier molecular flexibility index (Phi) is 9.83. The molecule has 0 saturated heterocycles. The van der Waals surface area contributed by atoms with Crippen molar-refractivity contribution < 1.29 is 19.8 Å². The summed E-state index contributed by atoms with van der Waals surface area (Å²) in [6.45, 7) is 5.46. The van der Waals surface area contributed by atoms with E-state index in [4.69, 9.17) is 21.7 Å². The predicted octanol–water partition coefficient (Wildman–Crippen LogP) is 0.253. The quantitative estimate of drug-likeness (QED) is 0.540. The van der Waals surface area contributed by atoms with Gasteiger partial charge in [0.05, 0.1) is 0 Å². The van der Waals surface area contributed by atoms with Gasteiger partial charge in [0.2, 0.25) is 0 Å². The number of nitrogens with two attached hydrogens (primary N) is 2. The average molecular weight is 234 g/mol. The number of hydrogen-bond donors (Lipinski definition) is 4. The molecule has 0 bridgehead atoms. The molecule has 0 aromatic carbocycles. The minimum absolute atomic E-state index is 0.0208. The Labute approximate surface area is 95.6 Å². The Bertz CT molecular complexity index is 219. The van der Waals surface area contributed by atoms with Gasteiger partial charge in [0, 0.05) is 0 Å². The lowest BCUT2D eigenvalue weighted by Crippen LogP contribution is -2.34. The van der Waals surface area contributed by atoms with E-state index in [-0.39, 0.29) is 5.92 Å². The van der Waals surface area contributed by atoms with Gasteiger partial charge in [0.15, 0.2) is 0 Å². The molecule has 6 nitrogen and oxygen atoms in total. The molecule has 0 radical (unpaired) electrons. The Morgan fingerprint density at radius 2 is 1.56 bits per heavy atom. The van der Waals surface area contributed by atoms with Crippen LogP contribution in [-0.2, 0) is 9.59 Å². The van der Waals surface area contributed by atoms with Crippen molar-refractivity contribution in [2.75, 3.05) is 0 Å². The second-order valence-electron chi connectivity index (χ2n) is 3.84. The van der Waals surface area contributed by atoms with Gasteiger partial charge in [-0.1, -0.05) is 27.2 Å². The molecule has 0 aromatic heterocycles. The highest BCUT2D eigenvalue weighted by atomic mass is 16.4. The summed E-state index contributed by atoms with van der Waals surface area (Å²) in [7, 11) is 0. The predicted molar refractivity (Wildman–Crippen MR) is 61.0 cm³/mol. The number of carboxylic acid groups (broad SMARTS) is 2. The molecule has 0 rings (SSSR count). The monoisotopic (exact) mass is 234 g/mol. The summed E-state index contributed by atoms with van der Waals surface area (Å²) in [5.74, 6) is -1.82. The van der Waals surface area contributed by atoms with E-state index in [9.17, 15) is 9.59 Å². The zero-order chi connectivity index (χ0) is 13.3. The highest BCUT2D eigenvalue weighted by molar-refractivity contribution is 5.73. The fourth-order valence-electron chi connectivity index (χ4n) is 0.720. The molecule has 96 valence electrons. The molecule has 0 saturated carbocycles. The molecule has 0 fully saturated rings. The van der Waals surface area contributed by atoms with Crippen molar-refractivity contribution in [3.8, 4) is 0 Å². The van der Waals surface area contributed by atoms with Gasteiger partial charge in [-0.05, 0) is 12.3 Å². The van der Waals surface area contributed by atoms with Crippen molar-refractivity contribution in [2.24, 2.45) is 17.4 Å². The van der Waals surface area contributed by atoms with Crippen molar-refractivity contribution in [3.63, 3.8) is 0 Å². The average Bonchev–Trinajstić information content (AvgIpc) is 2.17. The van der Waals surface area contributed by atoms with Gasteiger partial charge < -0.3 is 21.7 Å². The van der Waals surface area contributed by atoms with Crippen LogP contribution in [0.15, 0.2) is 0 Å². The highest BCUT2D eigenvalue weighted by Gasteiger charge is 2.14. The first-order valence-corrected chi connectivity index (χ1v) is 5.20. The molecule has 0 aliphatic heterocycles. The summed E-state index contributed by atoms with van der Waals surface area (Å²) in [5, 5.41) is 16.4. The van der Waals surface area contributed by atoms with Crippen molar-refractivity contribution in [2.45, 2.75) is 45.7 Å². The van der Waals surface area contributed by atoms with Crippen LogP contribution in [0.25, 0.3) is 0 Å². The van der Waals surface area contributed by atoms with Crippen LogP contribution in [-0.4, -0.2) is 34.2 Å². The van der Waals surface area contributed by atoms with Gasteiger partial charge in [-0.3, -0.25) is 9.59 Å². The largest absolute Gasteiger partial charge is 0.480 e. The molecule has 0 spiro atoms. The van der Waals surface area contributed by atoms with Gasteiger partial charge in [-0.15, -0.1) is 0 Å². The number of carboxylic acids is 2. The van der Waals surface area contributed by atoms with Crippen LogP contribution in [0.3, 0.4) is 0 Å². The standard InChI is InChI=1S/2C5H11NO2/c1-3(2)4(6)5(7)8;1-2-3-4(6)5(7)8/h3-4H,6H2,1-2H3,(H,7,8);4H,2-3,6H2,1H3,(H,7,8)/t2*4-/m00/s1. The molecule has 0 aliphatic carbocycles. The topological polar surface area (TPSA) is 127 Å². The first-order chi connectivity index (χ1) is 7.23. The van der Waals surface area contributed by atoms with E-state index < -0.39 is 24.0 Å². The Morgan fingerprint density at radius 3 is 1.62 bits per heavy atom. The molecule has 0 aliphatic rings. The Balaban J connectivity index is 0. The van der Waals surface area contributed by atoms with E-state index in [0.717, 1.165) is 6.42 Å². The van der Waals surface area contributed by atoms with Crippen molar-refractivity contribution in [1.29, 1.82) is 0 Å². The smallest absolute Gasteiger partial charge is 0.320 e. The summed E-state index contributed by atoms with van der Waals surface area (Å²) < 4.78 is 0. The number of aliphatic carboxylic acids is 2. The SMILES string of the molecule is CC(C)[C@H](N)C(=O)O.CCC[C@H](N)C(=O)O. The lowest BCUT2D eigenvalue weighted by atomic mass is 10.1. The fraction of sp³-hybridized carbons (Fsp3) is 0.800. The summed E-state index contributed by atoms with van der Waals surface area (Å²) in [6.07, 6.45) is 1.39. The maximum atomic E-state index is 10.0. The van der Waals surface area contributed by atoms with Crippen LogP contribution < -0.4 is 11.5 Å². The van der Waals surface area contributed by atoms with Crippen LogP contribution in [0.5, 0.6) is 0 Å². The summed E-state index contributed by atoms with van der Waals surface area (Å²) in [4.78, 5) is 20.0. The number of hydrogen-bond acceptors (Lipinski definition) is 4. The zero-order valence-electron chi connectivity index (χ0n) is 10.0. The minimum Gasteiger partial charge on any atom is -0.480 e. The third kappa shape index (κ3) is 9.42. The van der Waals surface area contributed by atoms with E-state index in [1.165, 1.54) is 0 Å². The number of rotatable bonds is 5.